The lowest BCUT2D eigenvalue weighted by Crippen LogP contribution is -2.31. The van der Waals surface area contributed by atoms with Crippen molar-refractivity contribution in [3.8, 4) is 0 Å². The zero-order valence-electron chi connectivity index (χ0n) is 18.2. The van der Waals surface area contributed by atoms with Crippen LogP contribution in [0.15, 0.2) is 36.8 Å². The van der Waals surface area contributed by atoms with Gasteiger partial charge in [-0.2, -0.15) is 5.10 Å². The molecule has 7 nitrogen and oxygen atoms in total. The molecule has 8 heteroatoms. The number of piperidine rings is 1. The molecule has 164 valence electrons. The van der Waals surface area contributed by atoms with Crippen LogP contribution in [-0.2, 0) is 12.0 Å². The number of hydrogen-bond donors (Lipinski definition) is 2. The van der Waals surface area contributed by atoms with Gasteiger partial charge in [-0.25, -0.2) is 9.37 Å². The normalized spacial score (nSPS) is 22.3. The van der Waals surface area contributed by atoms with E-state index in [1.807, 2.05) is 17.7 Å². The third-order valence-electron chi connectivity index (χ3n) is 7.08. The minimum absolute atomic E-state index is 0.202. The van der Waals surface area contributed by atoms with Crippen LogP contribution in [0.3, 0.4) is 0 Å². The number of benzene rings is 1. The van der Waals surface area contributed by atoms with E-state index in [0.717, 1.165) is 31.4 Å². The van der Waals surface area contributed by atoms with Crippen LogP contribution in [-0.4, -0.2) is 38.2 Å². The molecular formula is C24H25FN6O. The summed E-state index contributed by atoms with van der Waals surface area (Å²) in [7, 11) is 0. The average Bonchev–Trinajstić information content (AvgIpc) is 3.16. The fourth-order valence-corrected chi connectivity index (χ4v) is 5.39. The van der Waals surface area contributed by atoms with Gasteiger partial charge in [0.15, 0.2) is 11.5 Å². The molecule has 1 amide bonds. The minimum atomic E-state index is -0.476. The monoisotopic (exact) mass is 432 g/mol. The van der Waals surface area contributed by atoms with Crippen LogP contribution in [0.2, 0.25) is 0 Å². The molecule has 0 spiro atoms. The van der Waals surface area contributed by atoms with Crippen LogP contribution in [0.4, 0.5) is 10.1 Å². The predicted molar refractivity (Wildman–Crippen MR) is 121 cm³/mol. The van der Waals surface area contributed by atoms with Gasteiger partial charge in [-0.15, -0.1) is 0 Å². The summed E-state index contributed by atoms with van der Waals surface area (Å²) >= 11 is 0. The third kappa shape index (κ3) is 2.86. The molecular weight excluding hydrogens is 407 g/mol. The molecule has 1 unspecified atom stereocenters. The van der Waals surface area contributed by atoms with Crippen molar-refractivity contribution in [2.24, 2.45) is 5.92 Å². The van der Waals surface area contributed by atoms with Crippen molar-refractivity contribution in [1.82, 2.24) is 24.5 Å². The molecule has 2 aliphatic rings. The van der Waals surface area contributed by atoms with Crippen molar-refractivity contribution in [3.05, 3.63) is 59.4 Å². The maximum Gasteiger partial charge on any atom is 0.257 e. The summed E-state index contributed by atoms with van der Waals surface area (Å²) in [4.78, 5) is 17.4. The number of pyridine rings is 1. The van der Waals surface area contributed by atoms with E-state index in [4.69, 9.17) is 5.10 Å². The van der Waals surface area contributed by atoms with E-state index < -0.39 is 5.82 Å². The van der Waals surface area contributed by atoms with Gasteiger partial charge in [0.05, 0.1) is 16.9 Å². The van der Waals surface area contributed by atoms with Crippen molar-refractivity contribution in [3.63, 3.8) is 0 Å². The Labute approximate surface area is 184 Å². The first-order chi connectivity index (χ1) is 15.5. The number of rotatable bonds is 4. The Hall–Kier alpha value is -3.26. The zero-order chi connectivity index (χ0) is 22.0. The van der Waals surface area contributed by atoms with Crippen molar-refractivity contribution < 1.29 is 9.18 Å². The number of carbonyl (C=O) groups is 1. The predicted octanol–water partition coefficient (Wildman–Crippen LogP) is 3.65. The zero-order valence-corrected chi connectivity index (χ0v) is 18.2. The topological polar surface area (TPSA) is 76.2 Å². The van der Waals surface area contributed by atoms with E-state index in [2.05, 4.69) is 27.9 Å². The molecule has 4 heterocycles. The molecule has 2 fully saturated rings. The van der Waals surface area contributed by atoms with Gasteiger partial charge in [0, 0.05) is 42.0 Å². The van der Waals surface area contributed by atoms with Gasteiger partial charge in [0.1, 0.15) is 5.52 Å². The summed E-state index contributed by atoms with van der Waals surface area (Å²) in [6.07, 6.45) is 7.76. The number of hydrogen-bond acceptors (Lipinski definition) is 4. The molecule has 4 aromatic rings. The molecule has 32 heavy (non-hydrogen) atoms. The number of nitrogens with zero attached hydrogens (tertiary/aromatic N) is 4. The molecule has 1 aliphatic heterocycles. The van der Waals surface area contributed by atoms with Crippen molar-refractivity contribution in [1.29, 1.82) is 0 Å². The number of aromatic nitrogens is 4. The molecule has 2 atom stereocenters. The van der Waals surface area contributed by atoms with Gasteiger partial charge in [-0.1, -0.05) is 6.07 Å². The quantitative estimate of drug-likeness (QED) is 0.516. The van der Waals surface area contributed by atoms with E-state index in [0.29, 0.717) is 28.4 Å². The molecule has 3 aromatic heterocycles. The van der Waals surface area contributed by atoms with E-state index >= 15 is 0 Å². The highest BCUT2D eigenvalue weighted by molar-refractivity contribution is 6.12. The second-order valence-electron chi connectivity index (χ2n) is 9.06. The first-order valence-electron chi connectivity index (χ1n) is 11.2. The molecule has 6 rings (SSSR count). The van der Waals surface area contributed by atoms with E-state index in [-0.39, 0.29) is 17.0 Å². The van der Waals surface area contributed by atoms with Crippen LogP contribution < -0.4 is 10.6 Å². The molecule has 1 saturated heterocycles. The molecule has 1 aromatic carbocycles. The van der Waals surface area contributed by atoms with Gasteiger partial charge in [0.25, 0.3) is 5.91 Å². The Balaban J connectivity index is 1.39. The molecule has 0 bridgehead atoms. The maximum atomic E-state index is 14.5. The highest BCUT2D eigenvalue weighted by atomic mass is 19.1. The lowest BCUT2D eigenvalue weighted by molar-refractivity contribution is 0.102. The number of aryl methyl sites for hydroxylation is 2. The van der Waals surface area contributed by atoms with E-state index in [9.17, 15) is 9.18 Å². The van der Waals surface area contributed by atoms with Crippen LogP contribution in [0.1, 0.15) is 41.4 Å². The number of fused-ring (bicyclic) bond motifs is 3. The number of halogens is 1. The van der Waals surface area contributed by atoms with Crippen molar-refractivity contribution in [2.75, 3.05) is 18.4 Å². The summed E-state index contributed by atoms with van der Waals surface area (Å²) in [5.74, 6) is -0.123. The largest absolute Gasteiger partial charge is 0.320 e. The Bertz CT molecular complexity index is 1390. The van der Waals surface area contributed by atoms with Gasteiger partial charge in [-0.05, 0) is 57.3 Å². The van der Waals surface area contributed by atoms with Crippen LogP contribution in [0, 0.1) is 18.7 Å². The second kappa shape index (κ2) is 6.87. The van der Waals surface area contributed by atoms with Gasteiger partial charge >= 0.3 is 0 Å². The smallest absolute Gasteiger partial charge is 0.257 e. The van der Waals surface area contributed by atoms with Gasteiger partial charge in [-0.3, -0.25) is 9.48 Å². The SMILES string of the molecule is CCn1cc2c([C@@]34CCNCC3C4)ccc(C(=O)Nc3cc(F)c4nc(C)cn4c3)c2n1. The van der Waals surface area contributed by atoms with E-state index in [1.54, 1.807) is 23.7 Å². The number of imidazole rings is 1. The number of amides is 1. The van der Waals surface area contributed by atoms with Gasteiger partial charge in [0.2, 0.25) is 0 Å². The fraction of sp³-hybridized carbons (Fsp3) is 0.375. The van der Waals surface area contributed by atoms with Crippen molar-refractivity contribution >= 4 is 28.1 Å². The molecule has 0 radical (unpaired) electrons. The molecule has 2 N–H and O–H groups in total. The number of carbonyl (C=O) groups excluding carboxylic acids is 1. The summed E-state index contributed by atoms with van der Waals surface area (Å²) in [5, 5.41) is 12.1. The van der Waals surface area contributed by atoms with Crippen LogP contribution in [0.5, 0.6) is 0 Å². The Kier molecular flexibility index (Phi) is 4.17. The summed E-state index contributed by atoms with van der Waals surface area (Å²) in [5.41, 5.74) is 4.05. The summed E-state index contributed by atoms with van der Waals surface area (Å²) in [6.45, 7) is 6.64. The summed E-state index contributed by atoms with van der Waals surface area (Å²) in [6, 6.07) is 5.29. The Morgan fingerprint density at radius 3 is 3.03 bits per heavy atom. The van der Waals surface area contributed by atoms with E-state index in [1.165, 1.54) is 18.1 Å². The second-order valence-corrected chi connectivity index (χ2v) is 9.06. The van der Waals surface area contributed by atoms with Gasteiger partial charge < -0.3 is 15.0 Å². The fourth-order valence-electron chi connectivity index (χ4n) is 5.39. The minimum Gasteiger partial charge on any atom is -0.320 e. The lowest BCUT2D eigenvalue weighted by Gasteiger charge is -2.24. The molecule has 1 saturated carbocycles. The maximum absolute atomic E-state index is 14.5. The number of nitrogens with one attached hydrogen (secondary N) is 2. The highest BCUT2D eigenvalue weighted by Gasteiger charge is 2.56. The Morgan fingerprint density at radius 2 is 2.22 bits per heavy atom. The Morgan fingerprint density at radius 1 is 1.34 bits per heavy atom. The first-order valence-corrected chi connectivity index (χ1v) is 11.2. The van der Waals surface area contributed by atoms with Crippen LogP contribution >= 0.6 is 0 Å². The number of anilines is 1. The molecule has 1 aliphatic carbocycles. The van der Waals surface area contributed by atoms with Crippen molar-refractivity contribution in [2.45, 2.75) is 38.6 Å². The first kappa shape index (κ1) is 19.4. The third-order valence-corrected chi connectivity index (χ3v) is 7.08. The average molecular weight is 433 g/mol. The summed E-state index contributed by atoms with van der Waals surface area (Å²) < 4.78 is 17.9. The van der Waals surface area contributed by atoms with Crippen LogP contribution in [0.25, 0.3) is 16.6 Å². The lowest BCUT2D eigenvalue weighted by atomic mass is 9.85. The standard InChI is InChI=1S/C24H25FN6O/c1-3-31-13-18-19(24-6-7-26-10-15(24)9-24)5-4-17(21(18)29-31)23(32)28-16-8-20(25)22-27-14(2)11-30(22)12-16/h4-5,8,11-13,15,26H,3,6-7,9-10H2,1-2H3,(H,28,32)/t15?,24-/m1/s1. The highest BCUT2D eigenvalue weighted by Crippen LogP contribution is 2.59.